The van der Waals surface area contributed by atoms with Gasteiger partial charge in [-0.25, -0.2) is 0 Å². The number of nitrogens with zero attached hydrogens (tertiary/aromatic N) is 1. The van der Waals surface area contributed by atoms with Gasteiger partial charge in [-0.1, -0.05) is 18.8 Å². The van der Waals surface area contributed by atoms with Gasteiger partial charge < -0.3 is 5.11 Å². The van der Waals surface area contributed by atoms with Crippen LogP contribution in [0.5, 0.6) is 0 Å². The molecule has 0 aliphatic carbocycles. The molecule has 0 bridgehead atoms. The molecule has 1 heterocycles. The fraction of sp³-hybridized carbons (Fsp3) is 0.538. The van der Waals surface area contributed by atoms with Gasteiger partial charge in [0.2, 0.25) is 0 Å². The molecule has 3 heteroatoms. The van der Waals surface area contributed by atoms with Crippen LogP contribution in [0, 0.1) is 11.8 Å². The first-order chi connectivity index (χ1) is 7.67. The highest BCUT2D eigenvalue weighted by molar-refractivity contribution is 7.12. The van der Waals surface area contributed by atoms with Crippen LogP contribution in [-0.4, -0.2) is 29.7 Å². The van der Waals surface area contributed by atoms with Crippen molar-refractivity contribution in [3.05, 3.63) is 21.9 Å². The summed E-state index contributed by atoms with van der Waals surface area (Å²) < 4.78 is 0. The van der Waals surface area contributed by atoms with E-state index in [1.807, 2.05) is 6.07 Å². The molecule has 1 atom stereocenters. The summed E-state index contributed by atoms with van der Waals surface area (Å²) in [6, 6.07) is 4.74. The smallest absolute Gasteiger partial charge is 0.104 e. The molecule has 1 unspecified atom stereocenters. The van der Waals surface area contributed by atoms with Crippen molar-refractivity contribution in [2.24, 2.45) is 0 Å². The Morgan fingerprint density at radius 3 is 2.88 bits per heavy atom. The fourth-order valence-corrected chi connectivity index (χ4v) is 2.32. The van der Waals surface area contributed by atoms with Crippen molar-refractivity contribution in [3.63, 3.8) is 0 Å². The molecule has 0 spiro atoms. The zero-order valence-electron chi connectivity index (χ0n) is 10.2. The monoisotopic (exact) mass is 237 g/mol. The predicted molar refractivity (Wildman–Crippen MR) is 69.5 cm³/mol. The van der Waals surface area contributed by atoms with Crippen LogP contribution >= 0.6 is 11.3 Å². The summed E-state index contributed by atoms with van der Waals surface area (Å²) in [6.07, 6.45) is 1.17. The predicted octanol–water partition coefficient (Wildman–Crippen LogP) is 2.32. The molecule has 0 aliphatic heterocycles. The van der Waals surface area contributed by atoms with Crippen molar-refractivity contribution in [2.75, 3.05) is 13.7 Å². The van der Waals surface area contributed by atoms with E-state index in [1.165, 1.54) is 11.3 Å². The third kappa shape index (κ3) is 3.97. The topological polar surface area (TPSA) is 23.5 Å². The number of aliphatic hydroxyl groups excluding tert-OH is 1. The number of rotatable bonds is 4. The average Bonchev–Trinajstić information content (AvgIpc) is 2.72. The van der Waals surface area contributed by atoms with E-state index in [9.17, 15) is 0 Å². The van der Waals surface area contributed by atoms with Crippen molar-refractivity contribution in [2.45, 2.75) is 32.9 Å². The third-order valence-electron chi connectivity index (χ3n) is 2.70. The van der Waals surface area contributed by atoms with E-state index in [1.54, 1.807) is 11.3 Å². The van der Waals surface area contributed by atoms with E-state index in [2.05, 4.69) is 43.7 Å². The zero-order chi connectivity index (χ0) is 12.0. The van der Waals surface area contributed by atoms with Gasteiger partial charge in [0.15, 0.2) is 0 Å². The van der Waals surface area contributed by atoms with Crippen LogP contribution in [0.25, 0.3) is 0 Å². The lowest BCUT2D eigenvalue weighted by Crippen LogP contribution is -2.27. The number of hydrogen-bond acceptors (Lipinski definition) is 3. The van der Waals surface area contributed by atoms with Gasteiger partial charge in [0.05, 0.1) is 4.88 Å². The Hall–Kier alpha value is -0.820. The van der Waals surface area contributed by atoms with Gasteiger partial charge in [0.25, 0.3) is 0 Å². The Bertz CT molecular complexity index is 375. The molecule has 1 aromatic rings. The van der Waals surface area contributed by atoms with E-state index >= 15 is 0 Å². The normalized spacial score (nSPS) is 12.3. The van der Waals surface area contributed by atoms with Crippen molar-refractivity contribution in [3.8, 4) is 11.8 Å². The van der Waals surface area contributed by atoms with Crippen molar-refractivity contribution < 1.29 is 5.11 Å². The summed E-state index contributed by atoms with van der Waals surface area (Å²) in [7, 11) is 2.15. The van der Waals surface area contributed by atoms with Crippen molar-refractivity contribution >= 4 is 11.3 Å². The highest BCUT2D eigenvalue weighted by atomic mass is 32.1. The van der Waals surface area contributed by atoms with E-state index in [-0.39, 0.29) is 6.61 Å². The molecule has 0 aromatic carbocycles. The fourth-order valence-electron chi connectivity index (χ4n) is 1.37. The number of aliphatic hydroxyl groups is 1. The molecular formula is C13H19NOS. The summed E-state index contributed by atoms with van der Waals surface area (Å²) in [5.41, 5.74) is 0. The van der Waals surface area contributed by atoms with E-state index in [0.29, 0.717) is 6.04 Å². The SMILES string of the molecule is CCC(C)N(C)Cc1ccc(C#CCO)s1. The molecule has 2 nitrogen and oxygen atoms in total. The lowest BCUT2D eigenvalue weighted by molar-refractivity contribution is 0.246. The first-order valence-electron chi connectivity index (χ1n) is 5.56. The van der Waals surface area contributed by atoms with E-state index in [4.69, 9.17) is 5.11 Å². The lowest BCUT2D eigenvalue weighted by Gasteiger charge is -2.22. The molecule has 1 aromatic heterocycles. The maximum Gasteiger partial charge on any atom is 0.104 e. The van der Waals surface area contributed by atoms with E-state index in [0.717, 1.165) is 11.4 Å². The molecule has 1 rings (SSSR count). The summed E-state index contributed by atoms with van der Waals surface area (Å²) in [5, 5.41) is 8.61. The summed E-state index contributed by atoms with van der Waals surface area (Å²) in [4.78, 5) is 4.70. The summed E-state index contributed by atoms with van der Waals surface area (Å²) >= 11 is 1.70. The Morgan fingerprint density at radius 2 is 2.25 bits per heavy atom. The Labute approximate surface area is 102 Å². The first-order valence-corrected chi connectivity index (χ1v) is 6.37. The van der Waals surface area contributed by atoms with Gasteiger partial charge in [0.1, 0.15) is 6.61 Å². The molecule has 88 valence electrons. The maximum atomic E-state index is 8.61. The molecule has 16 heavy (non-hydrogen) atoms. The quantitative estimate of drug-likeness (QED) is 0.812. The van der Waals surface area contributed by atoms with Crippen LogP contribution in [-0.2, 0) is 6.54 Å². The largest absolute Gasteiger partial charge is 0.384 e. The minimum absolute atomic E-state index is 0.0694. The highest BCUT2D eigenvalue weighted by Gasteiger charge is 2.08. The Morgan fingerprint density at radius 1 is 1.50 bits per heavy atom. The average molecular weight is 237 g/mol. The first kappa shape index (κ1) is 13.2. The third-order valence-corrected chi connectivity index (χ3v) is 3.69. The maximum absolute atomic E-state index is 8.61. The van der Waals surface area contributed by atoms with Crippen LogP contribution in [0.15, 0.2) is 12.1 Å². The molecule has 0 aliphatic rings. The number of hydrogen-bond donors (Lipinski definition) is 1. The lowest BCUT2D eigenvalue weighted by atomic mass is 10.2. The van der Waals surface area contributed by atoms with Crippen LogP contribution in [0.1, 0.15) is 30.0 Å². The van der Waals surface area contributed by atoms with Crippen LogP contribution in [0.3, 0.4) is 0 Å². The van der Waals surface area contributed by atoms with Gasteiger partial charge in [-0.15, -0.1) is 11.3 Å². The van der Waals surface area contributed by atoms with E-state index < -0.39 is 0 Å². The minimum Gasteiger partial charge on any atom is -0.384 e. The van der Waals surface area contributed by atoms with Crippen LogP contribution in [0.2, 0.25) is 0 Å². The van der Waals surface area contributed by atoms with Gasteiger partial charge in [0, 0.05) is 17.5 Å². The molecule has 0 saturated heterocycles. The highest BCUT2D eigenvalue weighted by Crippen LogP contribution is 2.18. The molecule has 0 fully saturated rings. The molecule has 0 saturated carbocycles. The molecule has 0 radical (unpaired) electrons. The standard InChI is InChI=1S/C13H19NOS/c1-4-11(2)14(3)10-13-8-7-12(16-13)6-5-9-15/h7-8,11,15H,4,9-10H2,1-3H3. The van der Waals surface area contributed by atoms with Crippen molar-refractivity contribution in [1.82, 2.24) is 4.90 Å². The summed E-state index contributed by atoms with van der Waals surface area (Å²) in [5.74, 6) is 5.60. The zero-order valence-corrected chi connectivity index (χ0v) is 11.0. The Balaban J connectivity index is 2.58. The second-order valence-corrected chi connectivity index (χ2v) is 5.07. The second kappa shape index (κ2) is 6.70. The summed E-state index contributed by atoms with van der Waals surface area (Å²) in [6.45, 7) is 5.34. The van der Waals surface area contributed by atoms with Gasteiger partial charge in [-0.3, -0.25) is 4.90 Å². The second-order valence-electron chi connectivity index (χ2n) is 3.90. The molecule has 0 amide bonds. The van der Waals surface area contributed by atoms with Gasteiger partial charge in [-0.05, 0) is 32.5 Å². The van der Waals surface area contributed by atoms with Crippen LogP contribution < -0.4 is 0 Å². The number of thiophene rings is 1. The van der Waals surface area contributed by atoms with Gasteiger partial charge in [-0.2, -0.15) is 0 Å². The molecular weight excluding hydrogens is 218 g/mol. The van der Waals surface area contributed by atoms with Gasteiger partial charge >= 0.3 is 0 Å². The van der Waals surface area contributed by atoms with Crippen molar-refractivity contribution in [1.29, 1.82) is 0 Å². The molecule has 1 N–H and O–H groups in total. The Kier molecular flexibility index (Phi) is 5.54. The minimum atomic E-state index is -0.0694. The van der Waals surface area contributed by atoms with Crippen LogP contribution in [0.4, 0.5) is 0 Å².